The Kier molecular flexibility index (Phi) is 3.59. The molecule has 0 radical (unpaired) electrons. The van der Waals surface area contributed by atoms with Crippen LogP contribution in [0.5, 0.6) is 0 Å². The molecule has 128 valence electrons. The van der Waals surface area contributed by atoms with Crippen molar-refractivity contribution >= 4 is 5.91 Å². The van der Waals surface area contributed by atoms with Crippen molar-refractivity contribution in [1.29, 1.82) is 0 Å². The Morgan fingerprint density at radius 3 is 2.29 bits per heavy atom. The highest BCUT2D eigenvalue weighted by Gasteiger charge is 2.75. The largest absolute Gasteiger partial charge is 0.381 e. The molecule has 2 unspecified atom stereocenters. The van der Waals surface area contributed by atoms with Gasteiger partial charge in [0.25, 0.3) is 5.91 Å². The summed E-state index contributed by atoms with van der Waals surface area (Å²) in [5.74, 6) is -0.305. The fraction of sp³-hybridized carbons (Fsp3) is 0.550. The van der Waals surface area contributed by atoms with Crippen LogP contribution >= 0.6 is 0 Å². The lowest BCUT2D eigenvalue weighted by Crippen LogP contribution is -2.59. The van der Waals surface area contributed by atoms with Crippen LogP contribution in [-0.2, 0) is 10.4 Å². The second-order valence-electron chi connectivity index (χ2n) is 7.56. The molecule has 1 saturated carbocycles. The van der Waals surface area contributed by atoms with E-state index < -0.39 is 16.6 Å². The Morgan fingerprint density at radius 1 is 0.958 bits per heavy atom. The minimum atomic E-state index is -1.40. The average molecular weight is 327 g/mol. The van der Waals surface area contributed by atoms with Gasteiger partial charge in [0.15, 0.2) is 0 Å². The molecule has 1 amide bonds. The molecule has 1 aromatic rings. The zero-order valence-electron chi connectivity index (χ0n) is 13.9. The van der Waals surface area contributed by atoms with Gasteiger partial charge in [-0.3, -0.25) is 10.0 Å². The first kappa shape index (κ1) is 15.9. The number of nitrogens with zero attached hydrogens (tertiary/aromatic N) is 1. The van der Waals surface area contributed by atoms with Crippen molar-refractivity contribution in [2.75, 3.05) is 0 Å². The smallest absolute Gasteiger partial charge is 0.256 e. The lowest BCUT2D eigenvalue weighted by Gasteiger charge is -2.50. The van der Waals surface area contributed by atoms with Crippen LogP contribution in [0.25, 0.3) is 0 Å². The van der Waals surface area contributed by atoms with Gasteiger partial charge in [0.2, 0.25) is 0 Å². The second kappa shape index (κ2) is 5.43. The highest BCUT2D eigenvalue weighted by Crippen LogP contribution is 2.64. The van der Waals surface area contributed by atoms with E-state index in [0.717, 1.165) is 42.7 Å². The standard InChI is InChI=1S/C20H25NO3/c22-17-18(12-6-2-7-13-18)20(23,16-10-4-1-5-11-16)19(21(17)24)14-8-3-9-15-19/h1,4-5,8,10-11,14,23-24H,2-3,6-7,9,12-13,15H2. The van der Waals surface area contributed by atoms with Gasteiger partial charge >= 0.3 is 0 Å². The van der Waals surface area contributed by atoms with Crippen LogP contribution < -0.4 is 0 Å². The van der Waals surface area contributed by atoms with E-state index in [1.54, 1.807) is 0 Å². The number of amides is 1. The monoisotopic (exact) mass is 327 g/mol. The number of hydrogen-bond donors (Lipinski definition) is 2. The molecule has 2 spiro atoms. The van der Waals surface area contributed by atoms with Crippen LogP contribution in [0, 0.1) is 5.41 Å². The molecule has 0 aromatic heterocycles. The minimum Gasteiger partial charge on any atom is -0.381 e. The lowest BCUT2D eigenvalue weighted by atomic mass is 9.56. The highest BCUT2D eigenvalue weighted by molar-refractivity contribution is 5.89. The molecule has 2 aliphatic carbocycles. The molecular formula is C20H25NO3. The molecule has 1 heterocycles. The molecule has 1 aromatic carbocycles. The summed E-state index contributed by atoms with van der Waals surface area (Å²) in [5.41, 5.74) is -2.64. The third-order valence-electron chi connectivity index (χ3n) is 6.52. The van der Waals surface area contributed by atoms with Gasteiger partial charge in [-0.2, -0.15) is 0 Å². The van der Waals surface area contributed by atoms with Gasteiger partial charge in [-0.15, -0.1) is 0 Å². The highest BCUT2D eigenvalue weighted by atomic mass is 16.5. The number of carbonyl (C=O) groups excluding carboxylic acids is 1. The zero-order valence-corrected chi connectivity index (χ0v) is 13.9. The van der Waals surface area contributed by atoms with Crippen molar-refractivity contribution in [2.24, 2.45) is 5.41 Å². The number of hydroxylamine groups is 2. The van der Waals surface area contributed by atoms with Crippen LogP contribution in [0.15, 0.2) is 42.5 Å². The number of benzene rings is 1. The maximum absolute atomic E-state index is 13.2. The van der Waals surface area contributed by atoms with E-state index in [9.17, 15) is 15.1 Å². The van der Waals surface area contributed by atoms with Crippen LogP contribution in [0.3, 0.4) is 0 Å². The van der Waals surface area contributed by atoms with E-state index in [0.29, 0.717) is 19.3 Å². The summed E-state index contributed by atoms with van der Waals surface area (Å²) in [6.07, 6.45) is 10.4. The van der Waals surface area contributed by atoms with E-state index in [1.807, 2.05) is 42.5 Å². The van der Waals surface area contributed by atoms with Gasteiger partial charge in [0.05, 0.1) is 5.41 Å². The summed E-state index contributed by atoms with van der Waals surface area (Å²) < 4.78 is 0. The molecule has 1 saturated heterocycles. The second-order valence-corrected chi connectivity index (χ2v) is 7.56. The predicted octanol–water partition coefficient (Wildman–Crippen LogP) is 3.54. The van der Waals surface area contributed by atoms with Crippen LogP contribution in [0.1, 0.15) is 56.9 Å². The normalized spacial score (nSPS) is 35.1. The number of aliphatic hydroxyl groups is 1. The van der Waals surface area contributed by atoms with Crippen molar-refractivity contribution in [3.8, 4) is 0 Å². The van der Waals surface area contributed by atoms with Gasteiger partial charge in [0, 0.05) is 0 Å². The van der Waals surface area contributed by atoms with E-state index in [1.165, 1.54) is 0 Å². The first-order valence-electron chi connectivity index (χ1n) is 9.08. The molecule has 4 rings (SSSR count). The number of carbonyl (C=O) groups is 1. The third kappa shape index (κ3) is 1.73. The van der Waals surface area contributed by atoms with Gasteiger partial charge in [-0.1, -0.05) is 61.7 Å². The molecule has 1 aliphatic heterocycles. The fourth-order valence-electron chi connectivity index (χ4n) is 5.37. The maximum Gasteiger partial charge on any atom is 0.256 e. The third-order valence-corrected chi connectivity index (χ3v) is 6.52. The van der Waals surface area contributed by atoms with E-state index in [-0.39, 0.29) is 5.91 Å². The molecule has 4 nitrogen and oxygen atoms in total. The SMILES string of the molecule is O=C1N(O)C2(C=CCCC2)C(O)(c2ccccc2)C12CCCCC2. The van der Waals surface area contributed by atoms with E-state index in [2.05, 4.69) is 0 Å². The summed E-state index contributed by atoms with van der Waals surface area (Å²) >= 11 is 0. The summed E-state index contributed by atoms with van der Waals surface area (Å²) in [7, 11) is 0. The molecule has 0 bridgehead atoms. The van der Waals surface area contributed by atoms with Crippen molar-refractivity contribution < 1.29 is 15.1 Å². The van der Waals surface area contributed by atoms with Gasteiger partial charge in [-0.05, 0) is 37.7 Å². The van der Waals surface area contributed by atoms with Crippen molar-refractivity contribution in [3.05, 3.63) is 48.0 Å². The summed E-state index contributed by atoms with van der Waals surface area (Å²) in [4.78, 5) is 13.2. The number of allylic oxidation sites excluding steroid dienone is 1. The molecular weight excluding hydrogens is 302 g/mol. The quantitative estimate of drug-likeness (QED) is 0.613. The fourth-order valence-corrected chi connectivity index (χ4v) is 5.37. The van der Waals surface area contributed by atoms with Crippen molar-refractivity contribution in [2.45, 2.75) is 62.5 Å². The van der Waals surface area contributed by atoms with Gasteiger partial charge in [0.1, 0.15) is 11.1 Å². The number of rotatable bonds is 1. The lowest BCUT2D eigenvalue weighted by molar-refractivity contribution is -0.193. The van der Waals surface area contributed by atoms with Gasteiger partial charge < -0.3 is 5.11 Å². The van der Waals surface area contributed by atoms with Crippen LogP contribution in [0.4, 0.5) is 0 Å². The van der Waals surface area contributed by atoms with Crippen LogP contribution in [-0.4, -0.2) is 26.8 Å². The molecule has 2 N–H and O–H groups in total. The minimum absolute atomic E-state index is 0.305. The molecule has 24 heavy (non-hydrogen) atoms. The first-order valence-corrected chi connectivity index (χ1v) is 9.08. The Labute approximate surface area is 142 Å². The average Bonchev–Trinajstić information content (AvgIpc) is 2.78. The Morgan fingerprint density at radius 2 is 1.67 bits per heavy atom. The zero-order chi connectivity index (χ0) is 16.8. The molecule has 2 atom stereocenters. The first-order chi connectivity index (χ1) is 11.6. The Balaban J connectivity index is 1.99. The molecule has 3 aliphatic rings. The summed E-state index contributed by atoms with van der Waals surface area (Å²) in [5, 5.41) is 23.9. The van der Waals surface area contributed by atoms with Crippen molar-refractivity contribution in [1.82, 2.24) is 5.06 Å². The topological polar surface area (TPSA) is 60.8 Å². The van der Waals surface area contributed by atoms with Crippen molar-refractivity contribution in [3.63, 3.8) is 0 Å². The van der Waals surface area contributed by atoms with E-state index in [4.69, 9.17) is 0 Å². The summed E-state index contributed by atoms with van der Waals surface area (Å²) in [6.45, 7) is 0. The number of hydrogen-bond acceptors (Lipinski definition) is 3. The Bertz CT molecular complexity index is 665. The molecule has 4 heteroatoms. The summed E-state index contributed by atoms with van der Waals surface area (Å²) in [6, 6.07) is 9.50. The van der Waals surface area contributed by atoms with Gasteiger partial charge in [-0.25, -0.2) is 5.06 Å². The van der Waals surface area contributed by atoms with E-state index >= 15 is 0 Å². The predicted molar refractivity (Wildman–Crippen MR) is 90.2 cm³/mol. The molecule has 2 fully saturated rings. The van der Waals surface area contributed by atoms with Crippen LogP contribution in [0.2, 0.25) is 0 Å². The Hall–Kier alpha value is -1.65. The maximum atomic E-state index is 13.2.